The third-order valence-electron chi connectivity index (χ3n) is 3.61. The summed E-state index contributed by atoms with van der Waals surface area (Å²) in [4.78, 5) is 11.7. The third-order valence-corrected chi connectivity index (χ3v) is 5.82. The molecule has 0 aromatic carbocycles. The number of carbonyl (C=O) groups is 1. The van der Waals surface area contributed by atoms with E-state index in [1.165, 1.54) is 13.5 Å². The molecule has 2 rings (SSSR count). The second kappa shape index (κ2) is 5.30. The van der Waals surface area contributed by atoms with Crippen molar-refractivity contribution < 1.29 is 13.7 Å². The maximum absolute atomic E-state index is 12.4. The largest absolute Gasteiger partial charge is 0.468 e. The van der Waals surface area contributed by atoms with Gasteiger partial charge in [-0.25, -0.2) is 0 Å². The number of methoxy groups -OCH3 is 1. The molecule has 0 saturated heterocycles. The molecule has 0 spiro atoms. The first-order valence-corrected chi connectivity index (χ1v) is 7.49. The molecular weight excluding hydrogens is 224 g/mol. The smallest absolute Gasteiger partial charge is 0.321 e. The van der Waals surface area contributed by atoms with Crippen LogP contribution >= 0.6 is 0 Å². The Morgan fingerprint density at radius 2 is 1.81 bits per heavy atom. The second-order valence-electron chi connectivity index (χ2n) is 4.87. The van der Waals surface area contributed by atoms with Gasteiger partial charge in [-0.15, -0.1) is 0 Å². The summed E-state index contributed by atoms with van der Waals surface area (Å²) in [5, 5.41) is -0.105. The molecule has 2 unspecified atom stereocenters. The summed E-state index contributed by atoms with van der Waals surface area (Å²) < 4.78 is 17.2. The van der Waals surface area contributed by atoms with Gasteiger partial charge in [0, 0.05) is 16.0 Å². The van der Waals surface area contributed by atoms with Crippen molar-refractivity contribution >= 4 is 16.8 Å². The van der Waals surface area contributed by atoms with Crippen LogP contribution in [-0.4, -0.2) is 27.8 Å². The number of carbonyl (C=O) groups excluding carboxylic acids is 1. The van der Waals surface area contributed by atoms with E-state index in [4.69, 9.17) is 4.74 Å². The van der Waals surface area contributed by atoms with Crippen LogP contribution in [0, 0.1) is 5.92 Å². The zero-order chi connectivity index (χ0) is 11.5. The minimum atomic E-state index is -1.02. The normalized spacial score (nSPS) is 26.1. The first kappa shape index (κ1) is 12.1. The Morgan fingerprint density at radius 3 is 2.31 bits per heavy atom. The highest BCUT2D eigenvalue weighted by atomic mass is 32.2. The topological polar surface area (TPSA) is 43.4 Å². The van der Waals surface area contributed by atoms with E-state index in [1.807, 2.05) is 0 Å². The highest BCUT2D eigenvalue weighted by Crippen LogP contribution is 2.38. The van der Waals surface area contributed by atoms with Crippen molar-refractivity contribution in [3.63, 3.8) is 0 Å². The summed E-state index contributed by atoms with van der Waals surface area (Å²) in [5.41, 5.74) is 0. The minimum absolute atomic E-state index is 0.235. The van der Waals surface area contributed by atoms with Crippen molar-refractivity contribution in [2.24, 2.45) is 5.92 Å². The van der Waals surface area contributed by atoms with E-state index in [0.29, 0.717) is 5.92 Å². The molecule has 0 aromatic heterocycles. The Labute approximate surface area is 99.4 Å². The van der Waals surface area contributed by atoms with Gasteiger partial charge in [0.25, 0.3) is 0 Å². The molecule has 0 bridgehead atoms. The predicted octanol–water partition coefficient (Wildman–Crippen LogP) is 2.02. The van der Waals surface area contributed by atoms with Crippen LogP contribution in [0.3, 0.4) is 0 Å². The lowest BCUT2D eigenvalue weighted by atomic mass is 10.0. The Hall–Kier alpha value is -0.380. The van der Waals surface area contributed by atoms with E-state index in [9.17, 15) is 9.00 Å². The van der Waals surface area contributed by atoms with Gasteiger partial charge in [-0.1, -0.05) is 19.3 Å². The lowest BCUT2D eigenvalue weighted by molar-refractivity contribution is -0.140. The maximum atomic E-state index is 12.4. The average Bonchev–Trinajstić information content (AvgIpc) is 3.14. The van der Waals surface area contributed by atoms with Crippen molar-refractivity contribution in [1.29, 1.82) is 0 Å². The van der Waals surface area contributed by atoms with Gasteiger partial charge in [0.15, 0.2) is 0 Å². The molecule has 0 aliphatic heterocycles. The molecule has 2 fully saturated rings. The highest BCUT2D eigenvalue weighted by molar-refractivity contribution is 7.87. The van der Waals surface area contributed by atoms with E-state index in [2.05, 4.69) is 0 Å². The number of esters is 1. The zero-order valence-corrected chi connectivity index (χ0v) is 10.6. The Bertz CT molecular complexity index is 280. The molecule has 2 saturated carbocycles. The van der Waals surface area contributed by atoms with Crippen molar-refractivity contribution in [2.45, 2.75) is 55.4 Å². The summed E-state index contributed by atoms with van der Waals surface area (Å²) in [6.07, 6.45) is 7.69. The molecule has 0 aromatic rings. The van der Waals surface area contributed by atoms with Gasteiger partial charge in [0.05, 0.1) is 7.11 Å². The van der Waals surface area contributed by atoms with Crippen molar-refractivity contribution in [1.82, 2.24) is 0 Å². The van der Waals surface area contributed by atoms with Crippen LogP contribution in [0.15, 0.2) is 0 Å². The predicted molar refractivity (Wildman–Crippen MR) is 63.5 cm³/mol. The highest BCUT2D eigenvalue weighted by Gasteiger charge is 2.43. The fourth-order valence-electron chi connectivity index (χ4n) is 2.50. The van der Waals surface area contributed by atoms with Gasteiger partial charge in [0.2, 0.25) is 0 Å². The molecule has 0 amide bonds. The van der Waals surface area contributed by atoms with E-state index in [0.717, 1.165) is 38.5 Å². The Kier molecular flexibility index (Phi) is 4.00. The lowest BCUT2D eigenvalue weighted by Gasteiger charge is -2.24. The Balaban J connectivity index is 2.01. The van der Waals surface area contributed by atoms with Gasteiger partial charge in [-0.05, 0) is 31.6 Å². The molecule has 3 nitrogen and oxygen atoms in total. The number of hydrogen-bond donors (Lipinski definition) is 0. The minimum Gasteiger partial charge on any atom is -0.468 e. The quantitative estimate of drug-likeness (QED) is 0.711. The fraction of sp³-hybridized carbons (Fsp3) is 0.917. The first-order valence-electron chi connectivity index (χ1n) is 6.21. The number of ether oxygens (including phenoxy) is 1. The van der Waals surface area contributed by atoms with Gasteiger partial charge < -0.3 is 4.74 Å². The van der Waals surface area contributed by atoms with Crippen LogP contribution in [0.25, 0.3) is 0 Å². The van der Waals surface area contributed by atoms with Crippen LogP contribution in [0.5, 0.6) is 0 Å². The molecule has 0 radical (unpaired) electrons. The van der Waals surface area contributed by atoms with E-state index >= 15 is 0 Å². The first-order chi connectivity index (χ1) is 7.74. The van der Waals surface area contributed by atoms with Crippen molar-refractivity contribution in [3.8, 4) is 0 Å². The lowest BCUT2D eigenvalue weighted by Crippen LogP contribution is -2.36. The van der Waals surface area contributed by atoms with Crippen LogP contribution < -0.4 is 0 Å². The molecule has 2 aliphatic carbocycles. The molecule has 2 aliphatic rings. The summed E-state index contributed by atoms with van der Waals surface area (Å²) >= 11 is 0. The average molecular weight is 244 g/mol. The zero-order valence-electron chi connectivity index (χ0n) is 9.81. The summed E-state index contributed by atoms with van der Waals surface area (Å²) in [6.45, 7) is 0. The Morgan fingerprint density at radius 1 is 1.19 bits per heavy atom. The van der Waals surface area contributed by atoms with Crippen molar-refractivity contribution in [3.05, 3.63) is 0 Å². The molecule has 0 heterocycles. The summed E-state index contributed by atoms with van der Waals surface area (Å²) in [7, 11) is 0.382. The molecule has 0 N–H and O–H groups in total. The fourth-order valence-corrected chi connectivity index (χ4v) is 4.65. The van der Waals surface area contributed by atoms with Crippen LogP contribution in [0.1, 0.15) is 44.9 Å². The van der Waals surface area contributed by atoms with E-state index in [-0.39, 0.29) is 16.5 Å². The van der Waals surface area contributed by atoms with Gasteiger partial charge in [-0.3, -0.25) is 9.00 Å². The number of rotatable bonds is 4. The van der Waals surface area contributed by atoms with E-state index < -0.39 is 10.8 Å². The van der Waals surface area contributed by atoms with Gasteiger partial charge >= 0.3 is 5.97 Å². The maximum Gasteiger partial charge on any atom is 0.321 e. The van der Waals surface area contributed by atoms with Crippen LogP contribution in [-0.2, 0) is 20.3 Å². The molecule has 92 valence electrons. The monoisotopic (exact) mass is 244 g/mol. The van der Waals surface area contributed by atoms with Gasteiger partial charge in [-0.2, -0.15) is 0 Å². The van der Waals surface area contributed by atoms with Gasteiger partial charge in [0.1, 0.15) is 5.25 Å². The molecule has 16 heavy (non-hydrogen) atoms. The number of hydrogen-bond acceptors (Lipinski definition) is 3. The molecule has 2 atom stereocenters. The van der Waals surface area contributed by atoms with Crippen LogP contribution in [0.2, 0.25) is 0 Å². The molecular formula is C12H20O3S. The summed E-state index contributed by atoms with van der Waals surface area (Å²) in [6, 6.07) is 0. The third kappa shape index (κ3) is 2.65. The SMILES string of the molecule is COC(=O)C(C1CC1)S(=O)C1CCCCC1. The second-order valence-corrected chi connectivity index (χ2v) is 6.70. The molecule has 4 heteroatoms. The standard InChI is InChI=1S/C12H20O3S/c1-15-12(13)11(9-7-8-9)16(14)10-5-3-2-4-6-10/h9-11H,2-8H2,1H3. The summed E-state index contributed by atoms with van der Waals surface area (Å²) in [5.74, 6) is 0.0709. The van der Waals surface area contributed by atoms with Crippen LogP contribution in [0.4, 0.5) is 0 Å². The van der Waals surface area contributed by atoms with Crippen molar-refractivity contribution in [2.75, 3.05) is 7.11 Å². The van der Waals surface area contributed by atoms with E-state index in [1.54, 1.807) is 0 Å².